The molecule has 3 nitrogen and oxygen atoms in total. The number of unbranched alkanes of at least 4 members (excludes halogenated alkanes) is 2. The molecule has 0 saturated heterocycles. The lowest BCUT2D eigenvalue weighted by Gasteiger charge is -2.24. The fraction of sp³-hybridized carbons (Fsp3) is 0.838. The van der Waals surface area contributed by atoms with Crippen molar-refractivity contribution in [1.29, 1.82) is 0 Å². The van der Waals surface area contributed by atoms with Crippen LogP contribution in [0, 0.1) is 11.8 Å². The monoisotopic (exact) mass is 575 g/mol. The molecule has 0 aliphatic carbocycles. The van der Waals surface area contributed by atoms with Crippen molar-refractivity contribution in [3.63, 3.8) is 0 Å². The van der Waals surface area contributed by atoms with Crippen molar-refractivity contribution in [2.24, 2.45) is 11.8 Å². The Hall–Kier alpha value is -0.900. The first kappa shape index (κ1) is 55.1. The first-order chi connectivity index (χ1) is 19.0. The summed E-state index contributed by atoms with van der Waals surface area (Å²) in [6.07, 6.45) is 17.7. The Labute approximate surface area is 256 Å². The number of aliphatic hydroxyl groups excluding tert-OH is 2. The van der Waals surface area contributed by atoms with Gasteiger partial charge in [0.15, 0.2) is 0 Å². The lowest BCUT2D eigenvalue weighted by molar-refractivity contribution is 0.0673. The zero-order chi connectivity index (χ0) is 33.4. The number of hydrogen-bond acceptors (Lipinski definition) is 3. The molecule has 0 spiro atoms. The van der Waals surface area contributed by atoms with E-state index in [0.29, 0.717) is 0 Å². The van der Waals surface area contributed by atoms with Gasteiger partial charge in [-0.15, -0.1) is 13.2 Å². The minimum atomic E-state index is -0.491. The van der Waals surface area contributed by atoms with Crippen LogP contribution in [0.5, 0.6) is 0 Å². The van der Waals surface area contributed by atoms with Gasteiger partial charge in [0.25, 0.3) is 0 Å². The Bertz CT molecular complexity index is 435. The molecule has 0 heterocycles. The Morgan fingerprint density at radius 1 is 0.825 bits per heavy atom. The van der Waals surface area contributed by atoms with Crippen molar-refractivity contribution in [3.8, 4) is 0 Å². The zero-order valence-corrected chi connectivity index (χ0v) is 30.7. The van der Waals surface area contributed by atoms with E-state index in [9.17, 15) is 5.11 Å². The molecule has 3 N–H and O–H groups in total. The number of allylic oxidation sites excluding steroid dienone is 3. The third-order valence-electron chi connectivity index (χ3n) is 5.96. The third kappa shape index (κ3) is 61.2. The van der Waals surface area contributed by atoms with E-state index in [1.54, 1.807) is 6.08 Å². The molecule has 0 aliphatic rings. The highest BCUT2D eigenvalue weighted by molar-refractivity contribution is 4.95. The van der Waals surface area contributed by atoms with Gasteiger partial charge in [0.1, 0.15) is 0 Å². The van der Waals surface area contributed by atoms with Crippen molar-refractivity contribution in [2.45, 2.75) is 186 Å². The van der Waals surface area contributed by atoms with Gasteiger partial charge in [0, 0.05) is 6.61 Å². The molecule has 0 aliphatic heterocycles. The van der Waals surface area contributed by atoms with Gasteiger partial charge in [-0.2, -0.15) is 0 Å². The quantitative estimate of drug-likeness (QED) is 0.127. The summed E-state index contributed by atoms with van der Waals surface area (Å²) in [7, 11) is 0. The molecule has 3 heteroatoms. The van der Waals surface area contributed by atoms with E-state index in [2.05, 4.69) is 46.9 Å². The molecule has 40 heavy (non-hydrogen) atoms. The maximum atomic E-state index is 9.76. The van der Waals surface area contributed by atoms with E-state index in [1.165, 1.54) is 50.2 Å². The SMILES string of the molecule is C/C=C(/C)CCCC(CCCCC(C)(C)O)C(C)CC.C=CC(O)CC.C=CCCCO.CC.CC.CC.CC. The van der Waals surface area contributed by atoms with Crippen LogP contribution in [0.1, 0.15) is 174 Å². The summed E-state index contributed by atoms with van der Waals surface area (Å²) in [4.78, 5) is 0. The van der Waals surface area contributed by atoms with Crippen LogP contribution in [-0.2, 0) is 0 Å². The molecule has 0 radical (unpaired) electrons. The fourth-order valence-electron chi connectivity index (χ4n) is 3.20. The molecule has 3 atom stereocenters. The summed E-state index contributed by atoms with van der Waals surface area (Å²) in [5, 5.41) is 26.5. The first-order valence-corrected chi connectivity index (χ1v) is 16.9. The molecule has 0 aromatic heterocycles. The molecular formula is C37H82O3. The topological polar surface area (TPSA) is 60.7 Å². The summed E-state index contributed by atoms with van der Waals surface area (Å²) in [6.45, 7) is 38.0. The second-order valence-electron chi connectivity index (χ2n) is 9.60. The lowest BCUT2D eigenvalue weighted by atomic mass is 9.83. The van der Waals surface area contributed by atoms with E-state index in [-0.39, 0.29) is 12.7 Å². The van der Waals surface area contributed by atoms with Gasteiger partial charge in [-0.1, -0.05) is 126 Å². The lowest BCUT2D eigenvalue weighted by Crippen LogP contribution is -2.18. The molecule has 0 aromatic rings. The molecule has 0 fully saturated rings. The maximum absolute atomic E-state index is 9.76. The maximum Gasteiger partial charge on any atom is 0.0715 e. The van der Waals surface area contributed by atoms with Gasteiger partial charge in [-0.25, -0.2) is 0 Å². The predicted octanol–water partition coefficient (Wildman–Crippen LogP) is 12.1. The molecule has 0 bridgehead atoms. The minimum absolute atomic E-state index is 0.284. The van der Waals surface area contributed by atoms with Gasteiger partial charge in [-0.3, -0.25) is 0 Å². The van der Waals surface area contributed by atoms with Crippen molar-refractivity contribution in [2.75, 3.05) is 6.61 Å². The molecule has 0 rings (SSSR count). The Balaban J connectivity index is -0.0000000891. The minimum Gasteiger partial charge on any atom is -0.396 e. The predicted molar refractivity (Wildman–Crippen MR) is 189 cm³/mol. The van der Waals surface area contributed by atoms with Crippen LogP contribution in [-0.4, -0.2) is 33.6 Å². The van der Waals surface area contributed by atoms with Crippen LogP contribution >= 0.6 is 0 Å². The summed E-state index contributed by atoms with van der Waals surface area (Å²) in [6, 6.07) is 0. The van der Waals surface area contributed by atoms with Crippen LogP contribution in [0.15, 0.2) is 37.0 Å². The summed E-state index contributed by atoms with van der Waals surface area (Å²) >= 11 is 0. The average Bonchev–Trinajstić information content (AvgIpc) is 3.00. The van der Waals surface area contributed by atoms with Gasteiger partial charge >= 0.3 is 0 Å². The number of rotatable bonds is 16. The van der Waals surface area contributed by atoms with Crippen molar-refractivity contribution < 1.29 is 15.3 Å². The van der Waals surface area contributed by atoms with E-state index in [4.69, 9.17) is 10.2 Å². The van der Waals surface area contributed by atoms with Crippen molar-refractivity contribution in [1.82, 2.24) is 0 Å². The Kier molecular flexibility index (Phi) is 70.1. The first-order valence-electron chi connectivity index (χ1n) is 16.9. The smallest absolute Gasteiger partial charge is 0.0715 e. The molecule has 248 valence electrons. The molecule has 0 aromatic carbocycles. The van der Waals surface area contributed by atoms with Crippen LogP contribution in [0.2, 0.25) is 0 Å². The van der Waals surface area contributed by atoms with E-state index in [1.807, 2.05) is 76.2 Å². The summed E-state index contributed by atoms with van der Waals surface area (Å²) in [5.74, 6) is 1.70. The van der Waals surface area contributed by atoms with Gasteiger partial charge in [0.2, 0.25) is 0 Å². The third-order valence-corrected chi connectivity index (χ3v) is 5.96. The Morgan fingerprint density at radius 3 is 1.57 bits per heavy atom. The normalized spacial score (nSPS) is 12.0. The van der Waals surface area contributed by atoms with E-state index < -0.39 is 5.60 Å². The van der Waals surface area contributed by atoms with E-state index in [0.717, 1.165) is 43.9 Å². The average molecular weight is 575 g/mol. The van der Waals surface area contributed by atoms with Gasteiger partial charge < -0.3 is 15.3 Å². The Morgan fingerprint density at radius 2 is 1.30 bits per heavy atom. The van der Waals surface area contributed by atoms with Gasteiger partial charge in [0.05, 0.1) is 11.7 Å². The molecule has 0 saturated carbocycles. The second kappa shape index (κ2) is 50.9. The van der Waals surface area contributed by atoms with Gasteiger partial charge in [-0.05, 0) is 84.5 Å². The highest BCUT2D eigenvalue weighted by atomic mass is 16.3. The van der Waals surface area contributed by atoms with Crippen LogP contribution in [0.3, 0.4) is 0 Å². The summed E-state index contributed by atoms with van der Waals surface area (Å²) < 4.78 is 0. The molecule has 0 amide bonds. The molecule has 3 unspecified atom stereocenters. The van der Waals surface area contributed by atoms with E-state index >= 15 is 0 Å². The number of aliphatic hydroxyl groups is 3. The zero-order valence-electron chi connectivity index (χ0n) is 30.7. The van der Waals surface area contributed by atoms with Crippen LogP contribution in [0.4, 0.5) is 0 Å². The highest BCUT2D eigenvalue weighted by Crippen LogP contribution is 2.28. The summed E-state index contributed by atoms with van der Waals surface area (Å²) in [5.41, 5.74) is 1.03. The number of hydrogen-bond donors (Lipinski definition) is 3. The standard InChI is InChI=1S/C19H38O.2C5H10O.4C2H6/c1-7-16(3)12-11-14-18(17(4)8-2)13-9-10-15-19(5,6)20;1-3-5(6)4-2;1-2-3-4-5-6;4*1-2/h7,17-18,20H,8-15H2,1-6H3;3,5-6H,1,4H2,2H3;2,6H,1,3-5H2;4*1-2H3/b16-7-;;;;;;. The molecular weight excluding hydrogens is 492 g/mol. The van der Waals surface area contributed by atoms with Crippen molar-refractivity contribution in [3.05, 3.63) is 37.0 Å². The van der Waals surface area contributed by atoms with Crippen LogP contribution < -0.4 is 0 Å². The second-order valence-corrected chi connectivity index (χ2v) is 9.60. The van der Waals surface area contributed by atoms with Crippen molar-refractivity contribution >= 4 is 0 Å². The largest absolute Gasteiger partial charge is 0.396 e. The fourth-order valence-corrected chi connectivity index (χ4v) is 3.20. The van der Waals surface area contributed by atoms with Crippen LogP contribution in [0.25, 0.3) is 0 Å². The highest BCUT2D eigenvalue weighted by Gasteiger charge is 2.17.